The van der Waals surface area contributed by atoms with Crippen LogP contribution in [-0.2, 0) is 20.4 Å². The predicted octanol–water partition coefficient (Wildman–Crippen LogP) is 5.52. The maximum Gasteiger partial charge on any atom is 0.309 e. The number of anilines is 1. The molecule has 0 saturated carbocycles. The molecular formula is C35H34N2O4. The largest absolute Gasteiger partial charge is 0.871 e. The number of ketones is 1. The number of carboxylic acid groups (broad SMARTS) is 1. The fourth-order valence-electron chi connectivity index (χ4n) is 6.85. The van der Waals surface area contributed by atoms with Crippen LogP contribution in [0.5, 0.6) is 0 Å². The van der Waals surface area contributed by atoms with E-state index in [1.807, 2.05) is 54.8 Å². The van der Waals surface area contributed by atoms with E-state index in [2.05, 4.69) is 49.9 Å². The molecule has 0 unspecified atom stereocenters. The lowest BCUT2D eigenvalue weighted by Gasteiger charge is -2.32. The van der Waals surface area contributed by atoms with Gasteiger partial charge in [0, 0.05) is 52.2 Å². The van der Waals surface area contributed by atoms with Crippen molar-refractivity contribution in [3.8, 4) is 0 Å². The van der Waals surface area contributed by atoms with E-state index in [-0.39, 0.29) is 35.7 Å². The first-order valence-corrected chi connectivity index (χ1v) is 14.1. The monoisotopic (exact) mass is 546 g/mol. The number of carboxylic acids is 1. The lowest BCUT2D eigenvalue weighted by molar-refractivity contribution is -0.436. The Balaban J connectivity index is 1.44. The third kappa shape index (κ3) is 3.88. The second kappa shape index (κ2) is 9.30. The number of aliphatic carboxylic acids is 1. The highest BCUT2D eigenvalue weighted by Gasteiger charge is 2.46. The molecule has 1 aliphatic carbocycles. The Morgan fingerprint density at radius 3 is 2.39 bits per heavy atom. The van der Waals surface area contributed by atoms with Gasteiger partial charge < -0.3 is 15.1 Å². The number of hydrogen-bond acceptors (Lipinski definition) is 4. The van der Waals surface area contributed by atoms with Crippen molar-refractivity contribution < 1.29 is 24.4 Å². The molecule has 0 aromatic heterocycles. The van der Waals surface area contributed by atoms with Gasteiger partial charge in [-0.15, -0.1) is 0 Å². The maximum absolute atomic E-state index is 13.6. The average Bonchev–Trinajstić information content (AvgIpc) is 3.31. The first-order chi connectivity index (χ1) is 19.5. The maximum atomic E-state index is 13.6. The average molecular weight is 547 g/mol. The summed E-state index contributed by atoms with van der Waals surface area (Å²) in [6.45, 7) is 11.4. The summed E-state index contributed by atoms with van der Waals surface area (Å²) in [6.07, 6.45) is 3.43. The first-order valence-electron chi connectivity index (χ1n) is 14.1. The number of nitrogens with zero attached hydrogens (tertiary/aromatic N) is 2. The topological polar surface area (TPSA) is 83.7 Å². The molecule has 2 aliphatic heterocycles. The van der Waals surface area contributed by atoms with Crippen molar-refractivity contribution in [3.63, 3.8) is 0 Å². The van der Waals surface area contributed by atoms with Crippen LogP contribution in [0.4, 0.5) is 11.4 Å². The van der Waals surface area contributed by atoms with Gasteiger partial charge in [0.1, 0.15) is 6.42 Å². The number of fused-ring (bicyclic) bond motifs is 4. The van der Waals surface area contributed by atoms with E-state index in [4.69, 9.17) is 0 Å². The number of para-hydroxylation sites is 1. The molecule has 6 rings (SSSR count). The van der Waals surface area contributed by atoms with E-state index in [0.29, 0.717) is 6.54 Å². The lowest BCUT2D eigenvalue weighted by Crippen LogP contribution is -2.35. The molecule has 2 heterocycles. The zero-order valence-electron chi connectivity index (χ0n) is 24.1. The standard InChI is InChI=1S/C35H34N2O4/c1-6-36-27-16-15-21-11-7-8-12-22(21)31(27)35(4,5)29(36)20-24-32(40)23(33(24)41)19-28-34(2,3)25-13-9-10-14-26(25)37(28)18-17-30(38)39/h7-16,19-20H,6,17-18H2,1-5H3,(H-,38,39,40,41). The van der Waals surface area contributed by atoms with E-state index in [1.165, 1.54) is 10.9 Å². The van der Waals surface area contributed by atoms with Gasteiger partial charge in [0.05, 0.1) is 5.41 Å². The molecule has 3 aromatic carbocycles. The van der Waals surface area contributed by atoms with Gasteiger partial charge >= 0.3 is 5.97 Å². The van der Waals surface area contributed by atoms with Gasteiger partial charge in [0.15, 0.2) is 18.0 Å². The van der Waals surface area contributed by atoms with E-state index < -0.39 is 16.8 Å². The number of likely N-dealkylation sites (N-methyl/N-ethyl adjacent to an activating group) is 1. The Labute approximate surface area is 240 Å². The summed E-state index contributed by atoms with van der Waals surface area (Å²) < 4.78 is 1.94. The van der Waals surface area contributed by atoms with Gasteiger partial charge in [-0.2, -0.15) is 4.58 Å². The van der Waals surface area contributed by atoms with Crippen LogP contribution in [0.25, 0.3) is 10.8 Å². The Kier molecular flexibility index (Phi) is 6.07. The summed E-state index contributed by atoms with van der Waals surface area (Å²) in [5, 5.41) is 25.3. The minimum Gasteiger partial charge on any atom is -0.871 e. The normalized spacial score (nSPS) is 20.7. The second-order valence-electron chi connectivity index (χ2n) is 12.0. The van der Waals surface area contributed by atoms with Crippen LogP contribution in [0.15, 0.2) is 95.4 Å². The zero-order chi connectivity index (χ0) is 29.3. The molecule has 6 heteroatoms. The number of carbonyl (C=O) groups is 2. The van der Waals surface area contributed by atoms with Crippen molar-refractivity contribution in [1.29, 1.82) is 0 Å². The Hall–Kier alpha value is -4.45. The molecule has 0 radical (unpaired) electrons. The second-order valence-corrected chi connectivity index (χ2v) is 12.0. The Bertz CT molecular complexity index is 1780. The summed E-state index contributed by atoms with van der Waals surface area (Å²) in [6, 6.07) is 20.4. The quantitative estimate of drug-likeness (QED) is 0.325. The Morgan fingerprint density at radius 2 is 1.68 bits per heavy atom. The van der Waals surface area contributed by atoms with Crippen LogP contribution in [0.2, 0.25) is 0 Å². The number of benzene rings is 3. The molecule has 1 N–H and O–H groups in total. The van der Waals surface area contributed by atoms with Crippen LogP contribution in [-0.4, -0.2) is 40.2 Å². The molecule has 0 fully saturated rings. The summed E-state index contributed by atoms with van der Waals surface area (Å²) in [7, 11) is 0. The van der Waals surface area contributed by atoms with E-state index in [0.717, 1.165) is 33.7 Å². The van der Waals surface area contributed by atoms with Crippen LogP contribution >= 0.6 is 0 Å². The van der Waals surface area contributed by atoms with Crippen molar-refractivity contribution >= 4 is 39.6 Å². The van der Waals surface area contributed by atoms with Crippen LogP contribution in [0, 0.1) is 0 Å². The van der Waals surface area contributed by atoms with Crippen molar-refractivity contribution in [1.82, 2.24) is 0 Å². The third-order valence-corrected chi connectivity index (χ3v) is 8.96. The number of Topliss-reactive ketones (excluding diaryl/α,β-unsaturated/α-hetero) is 1. The molecule has 0 bridgehead atoms. The van der Waals surface area contributed by atoms with Gasteiger partial charge in [0.2, 0.25) is 5.69 Å². The molecular weight excluding hydrogens is 512 g/mol. The fraction of sp³-hybridized carbons (Fsp3) is 0.286. The van der Waals surface area contributed by atoms with Crippen LogP contribution in [0.3, 0.4) is 0 Å². The van der Waals surface area contributed by atoms with E-state index in [1.54, 1.807) is 12.2 Å². The lowest BCUT2D eigenvalue weighted by atomic mass is 9.77. The molecule has 208 valence electrons. The molecule has 0 spiro atoms. The van der Waals surface area contributed by atoms with Gasteiger partial charge in [-0.3, -0.25) is 9.59 Å². The zero-order valence-corrected chi connectivity index (χ0v) is 24.1. The van der Waals surface area contributed by atoms with Crippen molar-refractivity contribution in [2.75, 3.05) is 18.0 Å². The summed E-state index contributed by atoms with van der Waals surface area (Å²) in [5.41, 5.74) is 5.40. The first kappa shape index (κ1) is 26.8. The number of allylic oxidation sites excluding steroid dienone is 5. The molecule has 3 aliphatic rings. The molecule has 0 amide bonds. The summed E-state index contributed by atoms with van der Waals surface area (Å²) >= 11 is 0. The molecule has 41 heavy (non-hydrogen) atoms. The highest BCUT2D eigenvalue weighted by Crippen LogP contribution is 2.51. The van der Waals surface area contributed by atoms with Crippen molar-refractivity contribution in [2.24, 2.45) is 0 Å². The van der Waals surface area contributed by atoms with E-state index >= 15 is 0 Å². The highest BCUT2D eigenvalue weighted by molar-refractivity contribution is 6.24. The van der Waals surface area contributed by atoms with Crippen molar-refractivity contribution in [3.05, 3.63) is 107 Å². The number of carbonyl (C=O) groups excluding carboxylic acids is 1. The number of rotatable bonds is 6. The summed E-state index contributed by atoms with van der Waals surface area (Å²) in [5.74, 6) is -1.44. The van der Waals surface area contributed by atoms with Gasteiger partial charge in [0.25, 0.3) is 0 Å². The third-order valence-electron chi connectivity index (χ3n) is 8.96. The highest BCUT2D eigenvalue weighted by atomic mass is 16.4. The molecule has 3 aromatic rings. The van der Waals surface area contributed by atoms with Gasteiger partial charge in [-0.1, -0.05) is 68.1 Å². The smallest absolute Gasteiger partial charge is 0.309 e. The van der Waals surface area contributed by atoms with Crippen LogP contribution < -0.4 is 10.0 Å². The van der Waals surface area contributed by atoms with Gasteiger partial charge in [-0.05, 0) is 49.2 Å². The minimum atomic E-state index is -0.898. The Morgan fingerprint density at radius 1 is 0.976 bits per heavy atom. The number of hydrogen-bond donors (Lipinski definition) is 1. The molecule has 0 saturated heterocycles. The van der Waals surface area contributed by atoms with Crippen LogP contribution in [0.1, 0.15) is 52.2 Å². The predicted molar refractivity (Wildman–Crippen MR) is 160 cm³/mol. The van der Waals surface area contributed by atoms with Gasteiger partial charge in [-0.25, -0.2) is 0 Å². The minimum absolute atomic E-state index is 0.0559. The summed E-state index contributed by atoms with van der Waals surface area (Å²) in [4.78, 5) is 27.2. The van der Waals surface area contributed by atoms with Crippen molar-refractivity contribution in [2.45, 2.75) is 51.9 Å². The fourth-order valence-corrected chi connectivity index (χ4v) is 6.85. The molecule has 6 nitrogen and oxygen atoms in total. The SMILES string of the molecule is CCN1/C(=C\C2=C([O-])C(=C\C3=[N+](CCC(=O)O)c4ccccc4C3(C)C)/C2=O)C(C)(C)c2c1ccc1ccccc21. The van der Waals surface area contributed by atoms with E-state index in [9.17, 15) is 19.8 Å². The molecule has 0 atom stereocenters.